The van der Waals surface area contributed by atoms with Gasteiger partial charge < -0.3 is 5.32 Å². The first-order valence-corrected chi connectivity index (χ1v) is 7.36. The SMILES string of the molecule is CCNC(c1cc(C(F)(F)F)ccc1F)c1ccsc1C. The molecule has 1 heterocycles. The number of benzene rings is 1. The number of rotatable bonds is 4. The van der Waals surface area contributed by atoms with Crippen molar-refractivity contribution >= 4 is 11.3 Å². The molecule has 2 aromatic rings. The van der Waals surface area contributed by atoms with Gasteiger partial charge in [0.15, 0.2) is 0 Å². The number of alkyl halides is 3. The molecule has 0 aliphatic heterocycles. The summed E-state index contributed by atoms with van der Waals surface area (Å²) >= 11 is 1.48. The minimum atomic E-state index is -4.48. The first-order chi connectivity index (χ1) is 9.84. The average molecular weight is 317 g/mol. The summed E-state index contributed by atoms with van der Waals surface area (Å²) in [5.41, 5.74) is -0.0112. The number of hydrogen-bond donors (Lipinski definition) is 1. The molecule has 0 spiro atoms. The summed E-state index contributed by atoms with van der Waals surface area (Å²) in [6, 6.07) is 3.77. The highest BCUT2D eigenvalue weighted by molar-refractivity contribution is 7.10. The highest BCUT2D eigenvalue weighted by Gasteiger charge is 2.32. The van der Waals surface area contributed by atoms with Crippen LogP contribution >= 0.6 is 11.3 Å². The van der Waals surface area contributed by atoms with E-state index in [0.717, 1.165) is 28.6 Å². The van der Waals surface area contributed by atoms with Gasteiger partial charge in [0.25, 0.3) is 0 Å². The van der Waals surface area contributed by atoms with Crippen LogP contribution in [0.25, 0.3) is 0 Å². The molecule has 0 radical (unpaired) electrons. The molecule has 0 amide bonds. The van der Waals surface area contributed by atoms with Gasteiger partial charge >= 0.3 is 6.18 Å². The highest BCUT2D eigenvalue weighted by Crippen LogP contribution is 2.35. The summed E-state index contributed by atoms with van der Waals surface area (Å²) in [6.45, 7) is 4.23. The van der Waals surface area contributed by atoms with Crippen LogP contribution < -0.4 is 5.32 Å². The van der Waals surface area contributed by atoms with E-state index in [4.69, 9.17) is 0 Å². The van der Waals surface area contributed by atoms with Crippen molar-refractivity contribution in [3.05, 3.63) is 57.0 Å². The smallest absolute Gasteiger partial charge is 0.306 e. The maximum atomic E-state index is 14.1. The van der Waals surface area contributed by atoms with Gasteiger partial charge in [-0.15, -0.1) is 11.3 Å². The van der Waals surface area contributed by atoms with Crippen molar-refractivity contribution in [2.75, 3.05) is 6.54 Å². The number of aryl methyl sites for hydroxylation is 1. The van der Waals surface area contributed by atoms with E-state index in [0.29, 0.717) is 6.54 Å². The van der Waals surface area contributed by atoms with E-state index in [1.54, 1.807) is 0 Å². The molecule has 1 aromatic heterocycles. The number of halogens is 4. The summed E-state index contributed by atoms with van der Waals surface area (Å²) in [5, 5.41) is 4.91. The zero-order valence-electron chi connectivity index (χ0n) is 11.6. The Bertz CT molecular complexity index is 618. The van der Waals surface area contributed by atoms with Crippen LogP contribution in [0.15, 0.2) is 29.6 Å². The van der Waals surface area contributed by atoms with Crippen molar-refractivity contribution in [2.24, 2.45) is 0 Å². The van der Waals surface area contributed by atoms with Gasteiger partial charge in [-0.3, -0.25) is 0 Å². The molecule has 0 aliphatic rings. The van der Waals surface area contributed by atoms with Crippen LogP contribution in [0.4, 0.5) is 17.6 Å². The van der Waals surface area contributed by atoms with Crippen LogP contribution in [0.3, 0.4) is 0 Å². The molecule has 0 saturated heterocycles. The number of thiophene rings is 1. The summed E-state index contributed by atoms with van der Waals surface area (Å²) < 4.78 is 52.5. The fourth-order valence-corrected chi connectivity index (χ4v) is 2.97. The molecule has 0 saturated carbocycles. The molecular formula is C15H15F4NS. The second kappa shape index (κ2) is 6.15. The van der Waals surface area contributed by atoms with Crippen LogP contribution in [0.1, 0.15) is 34.5 Å². The van der Waals surface area contributed by atoms with E-state index < -0.39 is 23.6 Å². The van der Waals surface area contributed by atoms with Crippen LogP contribution in [0.5, 0.6) is 0 Å². The number of hydrogen-bond acceptors (Lipinski definition) is 2. The van der Waals surface area contributed by atoms with Crippen LogP contribution in [-0.2, 0) is 6.18 Å². The topological polar surface area (TPSA) is 12.0 Å². The molecule has 1 atom stereocenters. The Morgan fingerprint density at radius 1 is 1.19 bits per heavy atom. The van der Waals surface area contributed by atoms with E-state index in [1.807, 2.05) is 25.3 Å². The van der Waals surface area contributed by atoms with E-state index in [2.05, 4.69) is 5.32 Å². The second-order valence-corrected chi connectivity index (χ2v) is 5.78. The van der Waals surface area contributed by atoms with Gasteiger partial charge in [0.05, 0.1) is 11.6 Å². The van der Waals surface area contributed by atoms with Gasteiger partial charge in [-0.2, -0.15) is 13.2 Å². The second-order valence-electron chi connectivity index (χ2n) is 4.66. The van der Waals surface area contributed by atoms with E-state index in [9.17, 15) is 17.6 Å². The van der Waals surface area contributed by atoms with E-state index in [-0.39, 0.29) is 5.56 Å². The fraction of sp³-hybridized carbons (Fsp3) is 0.333. The molecule has 1 unspecified atom stereocenters. The first kappa shape index (κ1) is 16.0. The van der Waals surface area contributed by atoms with E-state index in [1.165, 1.54) is 11.3 Å². The molecule has 0 bridgehead atoms. The van der Waals surface area contributed by atoms with Crippen LogP contribution in [-0.4, -0.2) is 6.54 Å². The van der Waals surface area contributed by atoms with Gasteiger partial charge in [-0.05, 0) is 48.7 Å². The summed E-state index contributed by atoms with van der Waals surface area (Å²) in [4.78, 5) is 0.956. The molecule has 21 heavy (non-hydrogen) atoms. The lowest BCUT2D eigenvalue weighted by atomic mass is 9.97. The van der Waals surface area contributed by atoms with Crippen molar-refractivity contribution in [3.8, 4) is 0 Å². The number of nitrogens with one attached hydrogen (secondary N) is 1. The molecule has 1 aromatic carbocycles. The normalized spacial score (nSPS) is 13.4. The Balaban J connectivity index is 2.52. The van der Waals surface area contributed by atoms with E-state index >= 15 is 0 Å². The molecule has 1 nitrogen and oxygen atoms in total. The summed E-state index contributed by atoms with van der Waals surface area (Å²) in [7, 11) is 0. The van der Waals surface area contributed by atoms with Gasteiger partial charge in [-0.25, -0.2) is 4.39 Å². The van der Waals surface area contributed by atoms with Crippen molar-refractivity contribution in [2.45, 2.75) is 26.1 Å². The maximum absolute atomic E-state index is 14.1. The average Bonchev–Trinajstić information content (AvgIpc) is 2.82. The molecular weight excluding hydrogens is 302 g/mol. The van der Waals surface area contributed by atoms with Crippen LogP contribution in [0, 0.1) is 12.7 Å². The Kier molecular flexibility index (Phi) is 4.68. The lowest BCUT2D eigenvalue weighted by Crippen LogP contribution is -2.23. The molecule has 114 valence electrons. The lowest BCUT2D eigenvalue weighted by molar-refractivity contribution is -0.137. The molecule has 2 rings (SSSR count). The third-order valence-electron chi connectivity index (χ3n) is 3.25. The largest absolute Gasteiger partial charge is 0.416 e. The highest BCUT2D eigenvalue weighted by atomic mass is 32.1. The van der Waals surface area contributed by atoms with Crippen molar-refractivity contribution in [3.63, 3.8) is 0 Å². The predicted molar refractivity (Wildman–Crippen MR) is 76.0 cm³/mol. The molecule has 0 aliphatic carbocycles. The van der Waals surface area contributed by atoms with Crippen molar-refractivity contribution in [1.29, 1.82) is 0 Å². The predicted octanol–water partition coefficient (Wildman–Crippen LogP) is 4.91. The molecule has 0 fully saturated rings. The van der Waals surface area contributed by atoms with Crippen LogP contribution in [0.2, 0.25) is 0 Å². The lowest BCUT2D eigenvalue weighted by Gasteiger charge is -2.20. The third kappa shape index (κ3) is 3.44. The molecule has 1 N–H and O–H groups in total. The minimum absolute atomic E-state index is 0.0215. The Labute approximate surface area is 124 Å². The fourth-order valence-electron chi connectivity index (χ4n) is 2.23. The van der Waals surface area contributed by atoms with Gasteiger partial charge in [0.1, 0.15) is 5.82 Å². The summed E-state index contributed by atoms with van der Waals surface area (Å²) in [5.74, 6) is -0.639. The first-order valence-electron chi connectivity index (χ1n) is 6.48. The minimum Gasteiger partial charge on any atom is -0.306 e. The van der Waals surface area contributed by atoms with Crippen molar-refractivity contribution < 1.29 is 17.6 Å². The Morgan fingerprint density at radius 3 is 2.43 bits per heavy atom. The third-order valence-corrected chi connectivity index (χ3v) is 4.11. The zero-order chi connectivity index (χ0) is 15.6. The monoisotopic (exact) mass is 317 g/mol. The quantitative estimate of drug-likeness (QED) is 0.790. The maximum Gasteiger partial charge on any atom is 0.416 e. The molecule has 6 heteroatoms. The van der Waals surface area contributed by atoms with Gasteiger partial charge in [0, 0.05) is 10.4 Å². The van der Waals surface area contributed by atoms with Crippen molar-refractivity contribution in [1.82, 2.24) is 5.32 Å². The van der Waals surface area contributed by atoms with Gasteiger partial charge in [0.2, 0.25) is 0 Å². The zero-order valence-corrected chi connectivity index (χ0v) is 12.4. The standard InChI is InChI=1S/C15H15F4NS/c1-3-20-14(11-6-7-21-9(11)2)12-8-10(15(17,18)19)4-5-13(12)16/h4-8,14,20H,3H2,1-2H3. The Hall–Kier alpha value is -1.40. The summed E-state index contributed by atoms with van der Waals surface area (Å²) in [6.07, 6.45) is -4.48. The Morgan fingerprint density at radius 2 is 1.90 bits per heavy atom. The van der Waals surface area contributed by atoms with Gasteiger partial charge in [-0.1, -0.05) is 6.92 Å².